The van der Waals surface area contributed by atoms with E-state index in [0.29, 0.717) is 5.56 Å². The van der Waals surface area contributed by atoms with Gasteiger partial charge in [0, 0.05) is 24.8 Å². The molecule has 0 bridgehead atoms. The molecule has 4 nitrogen and oxygen atoms in total. The van der Waals surface area contributed by atoms with E-state index in [-0.39, 0.29) is 0 Å². The number of anilines is 3. The molecule has 1 aliphatic heterocycles. The first-order valence-electron chi connectivity index (χ1n) is 6.51. The molecule has 0 atom stereocenters. The first-order valence-corrected chi connectivity index (χ1v) is 6.51. The number of fused-ring (bicyclic) bond motifs is 1. The molecule has 0 saturated heterocycles. The van der Waals surface area contributed by atoms with E-state index in [1.54, 1.807) is 7.11 Å². The summed E-state index contributed by atoms with van der Waals surface area (Å²) in [5.74, 6) is 0.844. The summed E-state index contributed by atoms with van der Waals surface area (Å²) in [4.78, 5) is 2.23. The van der Waals surface area contributed by atoms with Crippen molar-refractivity contribution in [2.45, 2.75) is 0 Å². The topological polar surface area (TPSA) is 48.3 Å². The van der Waals surface area contributed by atoms with Crippen LogP contribution in [0.4, 0.5) is 17.1 Å². The zero-order valence-electron chi connectivity index (χ0n) is 11.3. The molecule has 0 fully saturated rings. The lowest BCUT2D eigenvalue weighted by Crippen LogP contribution is -2.30. The monoisotopic (exact) mass is 265 g/mol. The van der Waals surface area contributed by atoms with Crippen LogP contribution in [0.1, 0.15) is 5.56 Å². The lowest BCUT2D eigenvalue weighted by Gasteiger charge is -2.32. The average Bonchev–Trinajstić information content (AvgIpc) is 2.53. The first-order chi connectivity index (χ1) is 9.81. The van der Waals surface area contributed by atoms with Gasteiger partial charge < -0.3 is 15.0 Å². The molecule has 0 radical (unpaired) electrons. The molecule has 1 heterocycles. The summed E-state index contributed by atoms with van der Waals surface area (Å²) in [6.07, 6.45) is 0. The summed E-state index contributed by atoms with van der Waals surface area (Å²) in [5, 5.41) is 12.3. The van der Waals surface area contributed by atoms with Gasteiger partial charge in [0.2, 0.25) is 0 Å². The molecule has 1 aliphatic rings. The summed E-state index contributed by atoms with van der Waals surface area (Å²) >= 11 is 0. The summed E-state index contributed by atoms with van der Waals surface area (Å²) in [5.41, 5.74) is 3.85. The van der Waals surface area contributed by atoms with Crippen LogP contribution >= 0.6 is 0 Å². The zero-order valence-corrected chi connectivity index (χ0v) is 11.3. The van der Waals surface area contributed by atoms with Gasteiger partial charge >= 0.3 is 0 Å². The second-order valence-electron chi connectivity index (χ2n) is 4.62. The summed E-state index contributed by atoms with van der Waals surface area (Å²) in [6, 6.07) is 15.9. The number of hydrogen-bond acceptors (Lipinski definition) is 4. The third-order valence-electron chi connectivity index (χ3n) is 3.43. The molecule has 0 spiro atoms. The van der Waals surface area contributed by atoms with Crippen molar-refractivity contribution in [1.82, 2.24) is 0 Å². The molecule has 2 aromatic carbocycles. The second-order valence-corrected chi connectivity index (χ2v) is 4.62. The zero-order chi connectivity index (χ0) is 13.9. The molecular formula is C16H15N3O. The Bertz CT molecular complexity index is 676. The number of methoxy groups -OCH3 is 1. The van der Waals surface area contributed by atoms with E-state index in [9.17, 15) is 0 Å². The molecule has 4 heteroatoms. The fraction of sp³-hybridized carbons (Fsp3) is 0.188. The Morgan fingerprint density at radius 2 is 2.15 bits per heavy atom. The Morgan fingerprint density at radius 3 is 2.95 bits per heavy atom. The number of nitrogens with one attached hydrogen (secondary N) is 1. The second kappa shape index (κ2) is 5.14. The molecule has 3 rings (SSSR count). The van der Waals surface area contributed by atoms with E-state index < -0.39 is 0 Å². The van der Waals surface area contributed by atoms with Crippen LogP contribution in [-0.2, 0) is 0 Å². The predicted molar refractivity (Wildman–Crippen MR) is 79.6 cm³/mol. The minimum Gasteiger partial charge on any atom is -0.497 e. The summed E-state index contributed by atoms with van der Waals surface area (Å²) in [7, 11) is 1.67. The van der Waals surface area contributed by atoms with Crippen LogP contribution in [0.2, 0.25) is 0 Å². The Kier molecular flexibility index (Phi) is 3.18. The number of rotatable bonds is 2. The van der Waals surface area contributed by atoms with Crippen molar-refractivity contribution in [3.05, 3.63) is 48.0 Å². The number of hydrogen-bond donors (Lipinski definition) is 1. The van der Waals surface area contributed by atoms with Crippen molar-refractivity contribution in [2.75, 3.05) is 30.4 Å². The maximum Gasteiger partial charge on any atom is 0.120 e. The number of ether oxygens (including phenoxy) is 1. The van der Waals surface area contributed by atoms with Crippen molar-refractivity contribution in [1.29, 1.82) is 5.26 Å². The average molecular weight is 265 g/mol. The van der Waals surface area contributed by atoms with Gasteiger partial charge in [-0.15, -0.1) is 0 Å². The highest BCUT2D eigenvalue weighted by Gasteiger charge is 2.18. The van der Waals surface area contributed by atoms with Crippen molar-refractivity contribution in [3.63, 3.8) is 0 Å². The smallest absolute Gasteiger partial charge is 0.120 e. The Morgan fingerprint density at radius 1 is 1.25 bits per heavy atom. The normalized spacial score (nSPS) is 13.1. The third-order valence-corrected chi connectivity index (χ3v) is 3.43. The molecule has 20 heavy (non-hydrogen) atoms. The largest absolute Gasteiger partial charge is 0.497 e. The maximum absolute atomic E-state index is 8.98. The van der Waals surface area contributed by atoms with Crippen LogP contribution in [-0.4, -0.2) is 20.2 Å². The minimum atomic E-state index is 0.670. The van der Waals surface area contributed by atoms with Gasteiger partial charge in [0.1, 0.15) is 5.75 Å². The molecule has 100 valence electrons. The minimum absolute atomic E-state index is 0.670. The fourth-order valence-corrected chi connectivity index (χ4v) is 2.45. The Labute approximate surface area is 118 Å². The van der Waals surface area contributed by atoms with Crippen molar-refractivity contribution in [2.24, 2.45) is 0 Å². The number of nitrogens with zero attached hydrogens (tertiary/aromatic N) is 2. The van der Waals surface area contributed by atoms with E-state index in [2.05, 4.69) is 22.4 Å². The van der Waals surface area contributed by atoms with Gasteiger partial charge in [-0.3, -0.25) is 0 Å². The molecule has 0 saturated carbocycles. The van der Waals surface area contributed by atoms with Gasteiger partial charge in [-0.05, 0) is 30.3 Å². The van der Waals surface area contributed by atoms with E-state index in [1.807, 2.05) is 36.4 Å². The van der Waals surface area contributed by atoms with Gasteiger partial charge in [-0.25, -0.2) is 0 Å². The highest BCUT2D eigenvalue weighted by molar-refractivity contribution is 5.79. The number of nitriles is 1. The number of benzene rings is 2. The summed E-state index contributed by atoms with van der Waals surface area (Å²) < 4.78 is 5.28. The molecule has 0 aliphatic carbocycles. The lowest BCUT2D eigenvalue weighted by molar-refractivity contribution is 0.415. The van der Waals surface area contributed by atoms with Crippen molar-refractivity contribution < 1.29 is 4.74 Å². The lowest BCUT2D eigenvalue weighted by atomic mass is 10.1. The SMILES string of the molecule is COc1cccc(N2CCNc3cc(C#N)ccc32)c1. The van der Waals surface area contributed by atoms with Gasteiger partial charge in [0.25, 0.3) is 0 Å². The Hall–Kier alpha value is -2.67. The van der Waals surface area contributed by atoms with Crippen LogP contribution < -0.4 is 15.0 Å². The highest BCUT2D eigenvalue weighted by atomic mass is 16.5. The molecule has 0 amide bonds. The van der Waals surface area contributed by atoms with Crippen LogP contribution in [0.15, 0.2) is 42.5 Å². The first kappa shape index (κ1) is 12.4. The van der Waals surface area contributed by atoms with Gasteiger partial charge in [0.05, 0.1) is 30.1 Å². The predicted octanol–water partition coefficient (Wildman–Crippen LogP) is 3.13. The standard InChI is InChI=1S/C16H15N3O/c1-20-14-4-2-3-13(10-14)19-8-7-18-15-9-12(11-17)5-6-16(15)19/h2-6,9-10,18H,7-8H2,1H3. The molecule has 2 aromatic rings. The molecule has 1 N–H and O–H groups in total. The van der Waals surface area contributed by atoms with Crippen molar-refractivity contribution >= 4 is 17.1 Å². The van der Waals surface area contributed by atoms with E-state index in [0.717, 1.165) is 35.9 Å². The van der Waals surface area contributed by atoms with E-state index >= 15 is 0 Å². The summed E-state index contributed by atoms with van der Waals surface area (Å²) in [6.45, 7) is 1.73. The fourth-order valence-electron chi connectivity index (χ4n) is 2.45. The quantitative estimate of drug-likeness (QED) is 0.906. The van der Waals surface area contributed by atoms with Gasteiger partial charge in [0.15, 0.2) is 0 Å². The maximum atomic E-state index is 8.98. The van der Waals surface area contributed by atoms with Gasteiger partial charge in [-0.2, -0.15) is 5.26 Å². The van der Waals surface area contributed by atoms with Crippen LogP contribution in [0.3, 0.4) is 0 Å². The van der Waals surface area contributed by atoms with E-state index in [1.165, 1.54) is 0 Å². The third kappa shape index (κ3) is 2.14. The van der Waals surface area contributed by atoms with Gasteiger partial charge in [-0.1, -0.05) is 6.07 Å². The molecule has 0 aromatic heterocycles. The van der Waals surface area contributed by atoms with Crippen LogP contribution in [0.5, 0.6) is 5.75 Å². The van der Waals surface area contributed by atoms with Crippen molar-refractivity contribution in [3.8, 4) is 11.8 Å². The Balaban J connectivity index is 2.03. The van der Waals surface area contributed by atoms with E-state index in [4.69, 9.17) is 10.00 Å². The molecule has 0 unspecified atom stereocenters. The van der Waals surface area contributed by atoms with Crippen LogP contribution in [0.25, 0.3) is 0 Å². The highest BCUT2D eigenvalue weighted by Crippen LogP contribution is 2.36. The molecular weight excluding hydrogens is 250 g/mol. The van der Waals surface area contributed by atoms with Crippen LogP contribution in [0, 0.1) is 11.3 Å².